The largest absolute Gasteiger partial charge is 0.493 e. The zero-order valence-corrected chi connectivity index (χ0v) is 10.3. The molecule has 0 spiro atoms. The Labute approximate surface area is 101 Å². The van der Waals surface area contributed by atoms with Crippen molar-refractivity contribution in [3.63, 3.8) is 0 Å². The maximum absolute atomic E-state index is 11.5. The lowest BCUT2D eigenvalue weighted by Gasteiger charge is -2.07. The Bertz CT molecular complexity index is 349. The molecular weight excluding hydrogens is 220 g/mol. The summed E-state index contributed by atoms with van der Waals surface area (Å²) in [6.07, 6.45) is 0.820. The highest BCUT2D eigenvalue weighted by Gasteiger charge is 2.06. The summed E-state index contributed by atoms with van der Waals surface area (Å²) >= 11 is 0. The summed E-state index contributed by atoms with van der Waals surface area (Å²) in [5.74, 6) is 0.349. The van der Waals surface area contributed by atoms with Gasteiger partial charge in [-0.25, -0.2) is 4.79 Å². The second-order valence-electron chi connectivity index (χ2n) is 3.44. The van der Waals surface area contributed by atoms with Crippen LogP contribution in [0.5, 0.6) is 5.75 Å². The number of methoxy groups -OCH3 is 1. The quantitative estimate of drug-likeness (QED) is 0.540. The Kier molecular flexibility index (Phi) is 6.10. The summed E-state index contributed by atoms with van der Waals surface area (Å²) < 4.78 is 15.3. The Morgan fingerprint density at radius 3 is 2.82 bits per heavy atom. The highest BCUT2D eigenvalue weighted by molar-refractivity contribution is 5.89. The molecule has 0 aliphatic rings. The Hall–Kier alpha value is -1.55. The molecule has 0 bridgehead atoms. The van der Waals surface area contributed by atoms with Crippen LogP contribution >= 0.6 is 0 Å². The summed E-state index contributed by atoms with van der Waals surface area (Å²) in [6, 6.07) is 6.98. The van der Waals surface area contributed by atoms with Gasteiger partial charge in [0.2, 0.25) is 0 Å². The van der Waals surface area contributed by atoms with Crippen molar-refractivity contribution in [2.24, 2.45) is 0 Å². The van der Waals surface area contributed by atoms with E-state index >= 15 is 0 Å². The standard InChI is InChI=1S/C13H18O4/c1-3-16-13(14)11-6-4-7-12(10-11)17-9-5-8-15-2/h4,6-7,10H,3,5,8-9H2,1-2H3. The van der Waals surface area contributed by atoms with E-state index in [2.05, 4.69) is 0 Å². The van der Waals surface area contributed by atoms with Crippen LogP contribution < -0.4 is 4.74 Å². The fourth-order valence-corrected chi connectivity index (χ4v) is 1.32. The average Bonchev–Trinajstić information content (AvgIpc) is 2.35. The summed E-state index contributed by atoms with van der Waals surface area (Å²) in [6.45, 7) is 3.39. The number of benzene rings is 1. The molecule has 1 aromatic rings. The van der Waals surface area contributed by atoms with E-state index in [4.69, 9.17) is 14.2 Å². The molecule has 0 atom stereocenters. The highest BCUT2D eigenvalue weighted by Crippen LogP contribution is 2.14. The molecule has 0 saturated carbocycles. The molecular formula is C13H18O4. The molecule has 0 saturated heterocycles. The first-order valence-electron chi connectivity index (χ1n) is 5.67. The molecule has 4 nitrogen and oxygen atoms in total. The molecule has 0 aliphatic carbocycles. The van der Waals surface area contributed by atoms with E-state index in [-0.39, 0.29) is 5.97 Å². The predicted octanol–water partition coefficient (Wildman–Crippen LogP) is 2.28. The minimum atomic E-state index is -0.324. The number of carbonyl (C=O) groups excluding carboxylic acids is 1. The maximum Gasteiger partial charge on any atom is 0.338 e. The van der Waals surface area contributed by atoms with E-state index in [1.807, 2.05) is 6.07 Å². The summed E-state index contributed by atoms with van der Waals surface area (Å²) in [5, 5.41) is 0. The van der Waals surface area contributed by atoms with E-state index in [0.717, 1.165) is 6.42 Å². The van der Waals surface area contributed by atoms with Gasteiger partial charge in [-0.1, -0.05) is 6.07 Å². The Morgan fingerprint density at radius 1 is 1.29 bits per heavy atom. The van der Waals surface area contributed by atoms with Crippen molar-refractivity contribution in [2.45, 2.75) is 13.3 Å². The van der Waals surface area contributed by atoms with Crippen molar-refractivity contribution in [3.05, 3.63) is 29.8 Å². The molecule has 94 valence electrons. The molecule has 0 unspecified atom stereocenters. The summed E-state index contributed by atoms with van der Waals surface area (Å²) in [4.78, 5) is 11.5. The third kappa shape index (κ3) is 4.87. The highest BCUT2D eigenvalue weighted by atomic mass is 16.5. The fraction of sp³-hybridized carbons (Fsp3) is 0.462. The lowest BCUT2D eigenvalue weighted by Crippen LogP contribution is -2.06. The number of carbonyl (C=O) groups is 1. The van der Waals surface area contributed by atoms with E-state index < -0.39 is 0 Å². The molecule has 0 radical (unpaired) electrons. The van der Waals surface area contributed by atoms with Crippen LogP contribution in [0.25, 0.3) is 0 Å². The van der Waals surface area contributed by atoms with Gasteiger partial charge in [0.15, 0.2) is 0 Å². The van der Waals surface area contributed by atoms with Crippen molar-refractivity contribution in [2.75, 3.05) is 26.9 Å². The van der Waals surface area contributed by atoms with Gasteiger partial charge in [-0.15, -0.1) is 0 Å². The first-order valence-corrected chi connectivity index (χ1v) is 5.67. The van der Waals surface area contributed by atoms with Gasteiger partial charge in [0.05, 0.1) is 18.8 Å². The third-order valence-electron chi connectivity index (χ3n) is 2.11. The van der Waals surface area contributed by atoms with E-state index in [0.29, 0.717) is 31.1 Å². The first-order chi connectivity index (χ1) is 8.27. The fourth-order valence-electron chi connectivity index (χ4n) is 1.32. The van der Waals surface area contributed by atoms with Gasteiger partial charge >= 0.3 is 5.97 Å². The smallest absolute Gasteiger partial charge is 0.338 e. The molecule has 1 rings (SSSR count). The lowest BCUT2D eigenvalue weighted by atomic mass is 10.2. The monoisotopic (exact) mass is 238 g/mol. The number of ether oxygens (including phenoxy) is 3. The second kappa shape index (κ2) is 7.68. The lowest BCUT2D eigenvalue weighted by molar-refractivity contribution is 0.0526. The normalized spacial score (nSPS) is 10.0. The van der Waals surface area contributed by atoms with E-state index in [1.165, 1.54) is 0 Å². The zero-order valence-electron chi connectivity index (χ0n) is 10.3. The van der Waals surface area contributed by atoms with Crippen LogP contribution in [-0.4, -0.2) is 32.9 Å². The van der Waals surface area contributed by atoms with Crippen molar-refractivity contribution in [3.8, 4) is 5.75 Å². The SMILES string of the molecule is CCOC(=O)c1cccc(OCCCOC)c1. The number of esters is 1. The minimum absolute atomic E-state index is 0.324. The van der Waals surface area contributed by atoms with Gasteiger partial charge in [-0.2, -0.15) is 0 Å². The first kappa shape index (κ1) is 13.5. The van der Waals surface area contributed by atoms with Gasteiger partial charge < -0.3 is 14.2 Å². The molecule has 4 heteroatoms. The molecule has 0 fully saturated rings. The third-order valence-corrected chi connectivity index (χ3v) is 2.11. The van der Waals surface area contributed by atoms with Crippen molar-refractivity contribution < 1.29 is 19.0 Å². The van der Waals surface area contributed by atoms with Gasteiger partial charge in [-0.05, 0) is 25.1 Å². The molecule has 17 heavy (non-hydrogen) atoms. The molecule has 0 aliphatic heterocycles. The van der Waals surface area contributed by atoms with Crippen molar-refractivity contribution in [1.82, 2.24) is 0 Å². The zero-order chi connectivity index (χ0) is 12.5. The summed E-state index contributed by atoms with van der Waals surface area (Å²) in [7, 11) is 1.65. The van der Waals surface area contributed by atoms with Crippen LogP contribution in [0.15, 0.2) is 24.3 Å². The van der Waals surface area contributed by atoms with Crippen LogP contribution in [0.2, 0.25) is 0 Å². The molecule has 1 aromatic carbocycles. The number of hydrogen-bond donors (Lipinski definition) is 0. The number of rotatable bonds is 7. The number of hydrogen-bond acceptors (Lipinski definition) is 4. The van der Waals surface area contributed by atoms with Crippen molar-refractivity contribution >= 4 is 5.97 Å². The van der Waals surface area contributed by atoms with Crippen LogP contribution in [0.4, 0.5) is 0 Å². The summed E-state index contributed by atoms with van der Waals surface area (Å²) in [5.41, 5.74) is 0.510. The maximum atomic E-state index is 11.5. The van der Waals surface area contributed by atoms with Gasteiger partial charge in [0, 0.05) is 20.1 Å². The predicted molar refractivity (Wildman–Crippen MR) is 64.4 cm³/mol. The van der Waals surface area contributed by atoms with E-state index in [9.17, 15) is 4.79 Å². The Morgan fingerprint density at radius 2 is 2.12 bits per heavy atom. The van der Waals surface area contributed by atoms with Gasteiger partial charge in [-0.3, -0.25) is 0 Å². The van der Waals surface area contributed by atoms with Crippen LogP contribution in [-0.2, 0) is 9.47 Å². The van der Waals surface area contributed by atoms with Crippen LogP contribution in [0.3, 0.4) is 0 Å². The van der Waals surface area contributed by atoms with Crippen LogP contribution in [0, 0.1) is 0 Å². The second-order valence-corrected chi connectivity index (χ2v) is 3.44. The van der Waals surface area contributed by atoms with Crippen molar-refractivity contribution in [1.29, 1.82) is 0 Å². The van der Waals surface area contributed by atoms with E-state index in [1.54, 1.807) is 32.2 Å². The average molecular weight is 238 g/mol. The molecule has 0 N–H and O–H groups in total. The minimum Gasteiger partial charge on any atom is -0.493 e. The topological polar surface area (TPSA) is 44.8 Å². The molecule has 0 heterocycles. The molecule has 0 amide bonds. The Balaban J connectivity index is 2.50. The molecule has 0 aromatic heterocycles. The van der Waals surface area contributed by atoms with Gasteiger partial charge in [0.1, 0.15) is 5.75 Å². The van der Waals surface area contributed by atoms with Gasteiger partial charge in [0.25, 0.3) is 0 Å². The van der Waals surface area contributed by atoms with Crippen LogP contribution in [0.1, 0.15) is 23.7 Å².